The Hall–Kier alpha value is -4.09. The molecular weight excluding hydrogens is 601 g/mol. The van der Waals surface area contributed by atoms with E-state index in [0.717, 1.165) is 12.0 Å². The number of nitrogens with zero attached hydrogens (tertiary/aromatic N) is 1. The molecule has 44 heavy (non-hydrogen) atoms. The van der Waals surface area contributed by atoms with Crippen molar-refractivity contribution in [3.05, 3.63) is 76.9 Å². The van der Waals surface area contributed by atoms with Crippen LogP contribution in [0.4, 0.5) is 0 Å². The average Bonchev–Trinajstić information content (AvgIpc) is 3.82. The highest BCUT2D eigenvalue weighted by Gasteiger charge is 2.48. The first-order valence-corrected chi connectivity index (χ1v) is 15.7. The van der Waals surface area contributed by atoms with Gasteiger partial charge >= 0.3 is 5.97 Å². The highest BCUT2D eigenvalue weighted by atomic mass is 32.2. The summed E-state index contributed by atoms with van der Waals surface area (Å²) in [5, 5.41) is 12.1. The van der Waals surface area contributed by atoms with Crippen LogP contribution in [-0.2, 0) is 20.8 Å². The molecule has 3 aliphatic rings. The lowest BCUT2D eigenvalue weighted by Crippen LogP contribution is -2.44. The molecule has 0 radical (unpaired) electrons. The third-order valence-electron chi connectivity index (χ3n) is 8.44. The summed E-state index contributed by atoms with van der Waals surface area (Å²) in [5.74, 6) is 1.34. The molecule has 2 bridgehead atoms. The molecule has 3 fully saturated rings. The summed E-state index contributed by atoms with van der Waals surface area (Å²) in [6.45, 7) is -0.390. The Labute approximate surface area is 264 Å². The van der Waals surface area contributed by atoms with Crippen LogP contribution in [0.5, 0.6) is 11.5 Å². The Kier molecular flexibility index (Phi) is 8.76. The van der Waals surface area contributed by atoms with Crippen LogP contribution in [0.1, 0.15) is 37.0 Å². The number of carbonyl (C=O) groups is 3. The highest BCUT2D eigenvalue weighted by molar-refractivity contribution is 8.26. The van der Waals surface area contributed by atoms with Crippen molar-refractivity contribution in [1.29, 1.82) is 0 Å². The molecule has 1 saturated heterocycles. The maximum absolute atomic E-state index is 13.3. The number of furan rings is 1. The molecule has 1 aliphatic heterocycles. The van der Waals surface area contributed by atoms with Gasteiger partial charge in [-0.25, -0.2) is 4.79 Å². The number of fused-ring (bicyclic) bond motifs is 2. The number of carboxylic acids is 1. The molecule has 3 unspecified atom stereocenters. The minimum Gasteiger partial charge on any atom is -0.497 e. The summed E-state index contributed by atoms with van der Waals surface area (Å²) in [7, 11) is 1.52. The number of ether oxygens (including phenoxy) is 2. The number of thiocarbonyl (C=S) groups is 1. The fraction of sp³-hybridized carbons (Fsp3) is 0.333. The molecule has 3 aromatic rings. The van der Waals surface area contributed by atoms with Gasteiger partial charge in [-0.15, -0.1) is 0 Å². The third kappa shape index (κ3) is 6.53. The van der Waals surface area contributed by atoms with Crippen molar-refractivity contribution in [2.75, 3.05) is 13.7 Å². The number of hydrogen-bond acceptors (Lipinski definition) is 8. The SMILES string of the molecule is COc1cc(OCC(=O)N[C@@H](Cc2ccccc2)C(=O)O)cc(-c2ccc(/C=C3\SC(=S)N(C4CC5CCC4C5)C3=O)o2)c1. The Morgan fingerprint density at radius 3 is 2.64 bits per heavy atom. The molecule has 4 atom stereocenters. The lowest BCUT2D eigenvalue weighted by molar-refractivity contribution is -0.142. The standard InChI is InChI=1S/C33H32N2O7S2/c1-40-24-14-22(15-25(16-24)41-18-30(36)34-26(32(38)39)12-19-5-3-2-4-6-19)28-10-9-23(42-28)17-29-31(37)35(33(43)44-29)27-13-20-7-8-21(27)11-20/h2-6,9-10,14-17,20-21,26-27H,7-8,11-13,18H2,1H3,(H,34,36)(H,38,39)/b29-17-/t20?,21?,26-,27?/m0/s1. The number of thioether (sulfide) groups is 1. The van der Waals surface area contributed by atoms with Crippen molar-refractivity contribution in [2.45, 2.75) is 44.2 Å². The van der Waals surface area contributed by atoms with Gasteiger partial charge in [0, 0.05) is 30.2 Å². The number of hydrogen-bond donors (Lipinski definition) is 2. The summed E-state index contributed by atoms with van der Waals surface area (Å²) in [5.41, 5.74) is 1.44. The molecule has 6 rings (SSSR count). The molecule has 2 amide bonds. The number of benzene rings is 2. The number of methoxy groups -OCH3 is 1. The molecular formula is C33H32N2O7S2. The van der Waals surface area contributed by atoms with Gasteiger partial charge in [0.05, 0.1) is 12.0 Å². The molecule has 9 nitrogen and oxygen atoms in total. The lowest BCUT2D eigenvalue weighted by atomic mass is 9.94. The van der Waals surface area contributed by atoms with E-state index in [1.165, 1.54) is 38.1 Å². The van der Waals surface area contributed by atoms with Crippen LogP contribution in [0, 0.1) is 11.8 Å². The van der Waals surface area contributed by atoms with E-state index in [4.69, 9.17) is 26.1 Å². The van der Waals surface area contributed by atoms with Crippen LogP contribution in [0.2, 0.25) is 0 Å². The fourth-order valence-electron chi connectivity index (χ4n) is 6.36. The molecule has 11 heteroatoms. The molecule has 2 aromatic carbocycles. The van der Waals surface area contributed by atoms with Gasteiger partial charge < -0.3 is 24.3 Å². The second-order valence-electron chi connectivity index (χ2n) is 11.3. The quantitative estimate of drug-likeness (QED) is 0.208. The largest absolute Gasteiger partial charge is 0.497 e. The molecule has 228 valence electrons. The summed E-state index contributed by atoms with van der Waals surface area (Å²) in [6, 6.07) is 16.9. The number of rotatable bonds is 11. The minimum absolute atomic E-state index is 0.0558. The molecule has 1 aromatic heterocycles. The van der Waals surface area contributed by atoms with E-state index in [1.807, 2.05) is 23.1 Å². The molecule has 2 heterocycles. The van der Waals surface area contributed by atoms with Crippen molar-refractivity contribution < 1.29 is 33.4 Å². The maximum Gasteiger partial charge on any atom is 0.326 e. The van der Waals surface area contributed by atoms with E-state index >= 15 is 0 Å². The molecule has 0 spiro atoms. The van der Waals surface area contributed by atoms with Crippen LogP contribution in [0.25, 0.3) is 17.4 Å². The molecule has 2 saturated carbocycles. The predicted molar refractivity (Wildman–Crippen MR) is 170 cm³/mol. The van der Waals surface area contributed by atoms with Gasteiger partial charge in [0.1, 0.15) is 33.4 Å². The average molecular weight is 633 g/mol. The number of carboxylic acid groups (broad SMARTS) is 1. The smallest absolute Gasteiger partial charge is 0.326 e. The van der Waals surface area contributed by atoms with E-state index in [2.05, 4.69) is 5.32 Å². The first-order chi connectivity index (χ1) is 21.3. The summed E-state index contributed by atoms with van der Waals surface area (Å²) in [6.07, 6.45) is 6.53. The first-order valence-electron chi connectivity index (χ1n) is 14.5. The van der Waals surface area contributed by atoms with Gasteiger partial charge in [-0.1, -0.05) is 60.7 Å². The Bertz CT molecular complexity index is 1620. The van der Waals surface area contributed by atoms with Crippen LogP contribution in [0.15, 0.2) is 70.0 Å². The topological polar surface area (TPSA) is 118 Å². The van der Waals surface area contributed by atoms with Crippen molar-refractivity contribution >= 4 is 52.2 Å². The Balaban J connectivity index is 1.11. The van der Waals surface area contributed by atoms with Crippen LogP contribution in [0.3, 0.4) is 0 Å². The van der Waals surface area contributed by atoms with Crippen LogP contribution >= 0.6 is 24.0 Å². The molecule has 2 N–H and O–H groups in total. The number of amides is 2. The fourth-order valence-corrected chi connectivity index (χ4v) is 7.71. The van der Waals surface area contributed by atoms with Crippen molar-refractivity contribution in [1.82, 2.24) is 10.2 Å². The minimum atomic E-state index is -1.13. The van der Waals surface area contributed by atoms with E-state index in [9.17, 15) is 19.5 Å². The normalized spacial score (nSPS) is 22.4. The van der Waals surface area contributed by atoms with Crippen molar-refractivity contribution in [2.24, 2.45) is 11.8 Å². The Morgan fingerprint density at radius 2 is 1.93 bits per heavy atom. The van der Waals surface area contributed by atoms with E-state index in [-0.39, 0.29) is 25.0 Å². The maximum atomic E-state index is 13.3. The zero-order valence-electron chi connectivity index (χ0n) is 24.1. The van der Waals surface area contributed by atoms with Gasteiger partial charge in [-0.05, 0) is 60.9 Å². The van der Waals surface area contributed by atoms with Crippen LogP contribution in [-0.4, -0.2) is 57.9 Å². The summed E-state index contributed by atoms with van der Waals surface area (Å²) >= 11 is 6.92. The van der Waals surface area contributed by atoms with Crippen molar-refractivity contribution in [3.8, 4) is 22.8 Å². The Morgan fingerprint density at radius 1 is 1.14 bits per heavy atom. The summed E-state index contributed by atoms with van der Waals surface area (Å²) in [4.78, 5) is 40.0. The second-order valence-corrected chi connectivity index (χ2v) is 13.0. The third-order valence-corrected chi connectivity index (χ3v) is 9.77. The zero-order chi connectivity index (χ0) is 30.8. The van der Waals surface area contributed by atoms with Gasteiger partial charge in [0.15, 0.2) is 6.61 Å². The predicted octanol–water partition coefficient (Wildman–Crippen LogP) is 5.54. The zero-order valence-corrected chi connectivity index (χ0v) is 25.7. The van der Waals surface area contributed by atoms with E-state index in [1.54, 1.807) is 48.5 Å². The first kappa shape index (κ1) is 30.0. The number of nitrogens with one attached hydrogen (secondary N) is 1. The van der Waals surface area contributed by atoms with Crippen molar-refractivity contribution in [3.63, 3.8) is 0 Å². The second kappa shape index (κ2) is 12.9. The molecule has 2 aliphatic carbocycles. The lowest BCUT2D eigenvalue weighted by Gasteiger charge is -2.30. The highest BCUT2D eigenvalue weighted by Crippen LogP contribution is 2.49. The number of carbonyl (C=O) groups excluding carboxylic acids is 2. The van der Waals surface area contributed by atoms with Gasteiger partial charge in [-0.2, -0.15) is 0 Å². The van der Waals surface area contributed by atoms with E-state index in [0.29, 0.717) is 49.6 Å². The number of aliphatic carboxylic acids is 1. The monoisotopic (exact) mass is 632 g/mol. The van der Waals surface area contributed by atoms with Gasteiger partial charge in [0.25, 0.3) is 11.8 Å². The van der Waals surface area contributed by atoms with Gasteiger partial charge in [0.2, 0.25) is 0 Å². The van der Waals surface area contributed by atoms with Crippen LogP contribution < -0.4 is 14.8 Å². The summed E-state index contributed by atoms with van der Waals surface area (Å²) < 4.78 is 17.8. The van der Waals surface area contributed by atoms with E-state index < -0.39 is 17.9 Å². The van der Waals surface area contributed by atoms with Gasteiger partial charge in [-0.3, -0.25) is 14.5 Å².